The van der Waals surface area contributed by atoms with Crippen molar-refractivity contribution in [1.29, 1.82) is 0 Å². The molecule has 3 aromatic rings. The van der Waals surface area contributed by atoms with Crippen molar-refractivity contribution in [2.24, 2.45) is 0 Å². The molecule has 0 atom stereocenters. The molecule has 0 aliphatic carbocycles. The fourth-order valence-corrected chi connectivity index (χ4v) is 3.54. The minimum Gasteiger partial charge on any atom is -0.377 e. The third-order valence-electron chi connectivity index (χ3n) is 5.13. The number of aromatic nitrogens is 3. The van der Waals surface area contributed by atoms with E-state index in [1.807, 2.05) is 6.08 Å². The lowest BCUT2D eigenvalue weighted by Crippen LogP contribution is -2.16. The Kier molecular flexibility index (Phi) is 6.09. The van der Waals surface area contributed by atoms with E-state index >= 15 is 0 Å². The Morgan fingerprint density at radius 3 is 2.76 bits per heavy atom. The van der Waals surface area contributed by atoms with Gasteiger partial charge in [0.1, 0.15) is 5.82 Å². The summed E-state index contributed by atoms with van der Waals surface area (Å²) < 4.78 is 44.6. The van der Waals surface area contributed by atoms with Gasteiger partial charge in [-0.3, -0.25) is 15.1 Å². The lowest BCUT2D eigenvalue weighted by molar-refractivity contribution is -0.385. The van der Waals surface area contributed by atoms with Crippen LogP contribution in [0, 0.1) is 10.1 Å². The zero-order valence-electron chi connectivity index (χ0n) is 17.1. The number of H-pyrrole nitrogens is 1. The second kappa shape index (κ2) is 8.98. The molecule has 1 aliphatic heterocycles. The molecule has 0 fully saturated rings. The van der Waals surface area contributed by atoms with Gasteiger partial charge < -0.3 is 15.0 Å². The largest absolute Gasteiger partial charge is 0.416 e. The van der Waals surface area contributed by atoms with E-state index in [1.165, 1.54) is 6.20 Å². The van der Waals surface area contributed by atoms with Crippen molar-refractivity contribution in [2.75, 3.05) is 25.1 Å². The summed E-state index contributed by atoms with van der Waals surface area (Å²) in [6.07, 6.45) is -0.537. The number of alkyl halides is 3. The summed E-state index contributed by atoms with van der Waals surface area (Å²) in [7, 11) is 0. The normalized spacial score (nSPS) is 14.2. The molecule has 0 unspecified atom stereocenters. The van der Waals surface area contributed by atoms with Crippen LogP contribution in [-0.4, -0.2) is 39.6 Å². The number of benzene rings is 1. The number of fused-ring (bicyclic) bond motifs is 1. The van der Waals surface area contributed by atoms with E-state index in [4.69, 9.17) is 4.74 Å². The molecule has 0 spiro atoms. The minimum atomic E-state index is -4.71. The van der Waals surface area contributed by atoms with E-state index in [-0.39, 0.29) is 24.3 Å². The summed E-state index contributed by atoms with van der Waals surface area (Å²) in [6.45, 7) is 1.15. The van der Waals surface area contributed by atoms with E-state index in [0.29, 0.717) is 42.3 Å². The van der Waals surface area contributed by atoms with Crippen LogP contribution >= 0.6 is 0 Å². The molecular weight excluding hydrogens is 443 g/mol. The number of nitro groups is 1. The highest BCUT2D eigenvalue weighted by Gasteiger charge is 2.32. The Bertz CT molecular complexity index is 1300. The SMILES string of the molecule is O=c1nc(NCCc2cc([N+](=O)[O-])cc(C(F)(F)F)c2)c2cc(C3=CCOCC3)ncc2[nH]1. The summed E-state index contributed by atoms with van der Waals surface area (Å²) in [4.78, 5) is 33.0. The molecule has 2 aromatic heterocycles. The Morgan fingerprint density at radius 1 is 1.24 bits per heavy atom. The van der Waals surface area contributed by atoms with Gasteiger partial charge in [0.05, 0.1) is 41.1 Å². The number of non-ortho nitro benzene ring substituents is 1. The van der Waals surface area contributed by atoms with E-state index in [9.17, 15) is 28.1 Å². The van der Waals surface area contributed by atoms with Crippen LogP contribution in [0.2, 0.25) is 0 Å². The third-order valence-corrected chi connectivity index (χ3v) is 5.13. The number of nitro benzene ring substituents is 1. The van der Waals surface area contributed by atoms with Crippen molar-refractivity contribution in [3.8, 4) is 0 Å². The Balaban J connectivity index is 1.59. The number of pyridine rings is 1. The molecule has 0 amide bonds. The molecule has 0 saturated heterocycles. The van der Waals surface area contributed by atoms with E-state index in [0.717, 1.165) is 17.7 Å². The fourth-order valence-electron chi connectivity index (χ4n) is 3.54. The van der Waals surface area contributed by atoms with Gasteiger partial charge in [-0.1, -0.05) is 6.08 Å². The van der Waals surface area contributed by atoms with Gasteiger partial charge in [0, 0.05) is 24.1 Å². The first-order valence-electron chi connectivity index (χ1n) is 9.97. The summed E-state index contributed by atoms with van der Waals surface area (Å²) in [6, 6.07) is 4.24. The van der Waals surface area contributed by atoms with Crippen LogP contribution in [0.25, 0.3) is 16.5 Å². The summed E-state index contributed by atoms with van der Waals surface area (Å²) in [5, 5.41) is 14.6. The lowest BCUT2D eigenvalue weighted by atomic mass is 10.1. The number of nitrogens with zero attached hydrogens (tertiary/aromatic N) is 3. The van der Waals surface area contributed by atoms with Gasteiger partial charge in [0.15, 0.2) is 0 Å². The van der Waals surface area contributed by atoms with Crippen LogP contribution in [0.15, 0.2) is 41.3 Å². The number of nitrogens with one attached hydrogen (secondary N) is 2. The molecule has 1 aliphatic rings. The number of rotatable bonds is 6. The Hall–Kier alpha value is -3.80. The summed E-state index contributed by atoms with van der Waals surface area (Å²) in [5.41, 5.74) is -0.0595. The van der Waals surface area contributed by atoms with Crippen molar-refractivity contribution >= 4 is 28.0 Å². The van der Waals surface area contributed by atoms with Gasteiger partial charge in [-0.25, -0.2) is 4.79 Å². The first-order valence-corrected chi connectivity index (χ1v) is 9.97. The van der Waals surface area contributed by atoms with Crippen LogP contribution < -0.4 is 11.0 Å². The maximum atomic E-state index is 13.1. The monoisotopic (exact) mass is 461 g/mol. The number of halogens is 3. The predicted molar refractivity (Wildman–Crippen MR) is 114 cm³/mol. The van der Waals surface area contributed by atoms with Crippen LogP contribution in [0.3, 0.4) is 0 Å². The number of hydrogen-bond acceptors (Lipinski definition) is 7. The van der Waals surface area contributed by atoms with Gasteiger partial charge >= 0.3 is 11.9 Å². The molecule has 172 valence electrons. The van der Waals surface area contributed by atoms with Crippen molar-refractivity contribution < 1.29 is 22.8 Å². The molecule has 1 aromatic carbocycles. The molecule has 4 rings (SSSR count). The van der Waals surface area contributed by atoms with Crippen LogP contribution in [0.4, 0.5) is 24.7 Å². The van der Waals surface area contributed by atoms with E-state index < -0.39 is 28.0 Å². The standard InChI is InChI=1S/C21H18F3N5O4/c22-21(23,24)14-7-12(8-15(9-14)29(31)32)1-4-25-19-16-10-17(13-2-5-33-6-3-13)26-11-18(16)27-20(30)28-19/h2,7-11H,1,3-6H2,(H2,25,27,28,30). The van der Waals surface area contributed by atoms with Crippen molar-refractivity contribution in [2.45, 2.75) is 19.0 Å². The highest BCUT2D eigenvalue weighted by molar-refractivity contribution is 5.90. The zero-order chi connectivity index (χ0) is 23.6. The average Bonchev–Trinajstić information content (AvgIpc) is 2.78. The number of ether oxygens (including phenoxy) is 1. The maximum absolute atomic E-state index is 13.1. The topological polar surface area (TPSA) is 123 Å². The molecular formula is C21H18F3N5O4. The van der Waals surface area contributed by atoms with Crippen molar-refractivity contribution in [1.82, 2.24) is 15.0 Å². The zero-order valence-corrected chi connectivity index (χ0v) is 17.1. The van der Waals surface area contributed by atoms with Gasteiger partial charge in [0.2, 0.25) is 0 Å². The Morgan fingerprint density at radius 2 is 2.06 bits per heavy atom. The highest BCUT2D eigenvalue weighted by Crippen LogP contribution is 2.33. The molecule has 33 heavy (non-hydrogen) atoms. The second-order valence-corrected chi connectivity index (χ2v) is 7.38. The van der Waals surface area contributed by atoms with Crippen molar-refractivity contribution in [3.05, 3.63) is 74.0 Å². The third kappa shape index (κ3) is 5.17. The summed E-state index contributed by atoms with van der Waals surface area (Å²) in [5.74, 6) is 0.242. The van der Waals surface area contributed by atoms with Crippen LogP contribution in [0.5, 0.6) is 0 Å². The number of anilines is 1. The minimum absolute atomic E-state index is 0.0428. The number of aromatic amines is 1. The fraction of sp³-hybridized carbons (Fsp3) is 0.286. The van der Waals surface area contributed by atoms with Crippen molar-refractivity contribution in [3.63, 3.8) is 0 Å². The smallest absolute Gasteiger partial charge is 0.377 e. The summed E-state index contributed by atoms with van der Waals surface area (Å²) >= 11 is 0. The first kappa shape index (κ1) is 22.4. The van der Waals surface area contributed by atoms with Gasteiger partial charge in [-0.15, -0.1) is 0 Å². The Labute approximate surface area is 184 Å². The van der Waals surface area contributed by atoms with E-state index in [1.54, 1.807) is 6.07 Å². The molecule has 9 nitrogen and oxygen atoms in total. The average molecular weight is 461 g/mol. The molecule has 2 N–H and O–H groups in total. The first-order chi connectivity index (χ1) is 15.7. The van der Waals surface area contributed by atoms with Gasteiger partial charge in [0.25, 0.3) is 5.69 Å². The lowest BCUT2D eigenvalue weighted by Gasteiger charge is -2.14. The van der Waals surface area contributed by atoms with Gasteiger partial charge in [-0.2, -0.15) is 18.2 Å². The maximum Gasteiger partial charge on any atom is 0.416 e. The second-order valence-electron chi connectivity index (χ2n) is 7.38. The molecule has 3 heterocycles. The molecule has 0 saturated carbocycles. The van der Waals surface area contributed by atoms with E-state index in [2.05, 4.69) is 20.3 Å². The van der Waals surface area contributed by atoms with Gasteiger partial charge in [-0.05, 0) is 36.1 Å². The number of hydrogen-bond donors (Lipinski definition) is 2. The molecule has 0 radical (unpaired) electrons. The molecule has 0 bridgehead atoms. The highest BCUT2D eigenvalue weighted by atomic mass is 19.4. The van der Waals surface area contributed by atoms with Crippen LogP contribution in [-0.2, 0) is 17.3 Å². The predicted octanol–water partition coefficient (Wildman–Crippen LogP) is 3.70. The van der Waals surface area contributed by atoms with Crippen LogP contribution in [0.1, 0.15) is 23.2 Å². The quantitative estimate of drug-likeness (QED) is 0.424. The molecule has 12 heteroatoms.